The Hall–Kier alpha value is -1.36. The average molecular weight is 282 g/mol. The first-order valence-electron chi connectivity index (χ1n) is 7.13. The van der Waals surface area contributed by atoms with E-state index in [2.05, 4.69) is 11.9 Å². The number of nitrogens with zero attached hydrogens (tertiary/aromatic N) is 1. The van der Waals surface area contributed by atoms with Crippen LogP contribution in [0.1, 0.15) is 40.5 Å². The standard InChI is InChI=1S/C15H26N2O3/c1-6-9-16-13(18)11(2)17-10-7-8-12(17)14(19)20-15(3,4)5/h6,11-12H,1,7-10H2,2-5H3,(H,16,18)/t11?,12-/m1/s1. The molecule has 0 aromatic heterocycles. The van der Waals surface area contributed by atoms with Gasteiger partial charge in [0.05, 0.1) is 6.04 Å². The van der Waals surface area contributed by atoms with Gasteiger partial charge in [-0.2, -0.15) is 0 Å². The van der Waals surface area contributed by atoms with E-state index < -0.39 is 5.60 Å². The Kier molecular flexibility index (Phi) is 5.74. The number of hydrogen-bond donors (Lipinski definition) is 1. The minimum absolute atomic E-state index is 0.0830. The van der Waals surface area contributed by atoms with Crippen molar-refractivity contribution in [2.45, 2.75) is 58.2 Å². The highest BCUT2D eigenvalue weighted by atomic mass is 16.6. The van der Waals surface area contributed by atoms with E-state index >= 15 is 0 Å². The van der Waals surface area contributed by atoms with Crippen LogP contribution in [0, 0.1) is 0 Å². The number of carbonyl (C=O) groups is 2. The molecule has 1 amide bonds. The van der Waals surface area contributed by atoms with Gasteiger partial charge in [-0.25, -0.2) is 0 Å². The first kappa shape index (κ1) is 16.7. The SMILES string of the molecule is C=CCNC(=O)C(C)N1CCC[C@@H]1C(=O)OC(C)(C)C. The Morgan fingerprint density at radius 2 is 2.15 bits per heavy atom. The molecule has 1 unspecified atom stereocenters. The number of carbonyl (C=O) groups excluding carboxylic acids is 2. The molecule has 114 valence electrons. The fourth-order valence-electron chi connectivity index (χ4n) is 2.35. The summed E-state index contributed by atoms with van der Waals surface area (Å²) in [4.78, 5) is 26.1. The molecule has 0 radical (unpaired) electrons. The predicted octanol–water partition coefficient (Wildman–Crippen LogP) is 1.48. The van der Waals surface area contributed by atoms with Crippen LogP contribution in [-0.4, -0.2) is 47.6 Å². The number of esters is 1. The lowest BCUT2D eigenvalue weighted by atomic mass is 10.1. The van der Waals surface area contributed by atoms with E-state index in [4.69, 9.17) is 4.74 Å². The second kappa shape index (κ2) is 6.88. The molecule has 5 heteroatoms. The number of likely N-dealkylation sites (tertiary alicyclic amines) is 1. The van der Waals surface area contributed by atoms with Crippen LogP contribution in [-0.2, 0) is 14.3 Å². The summed E-state index contributed by atoms with van der Waals surface area (Å²) in [5.74, 6) is -0.321. The second-order valence-electron chi connectivity index (χ2n) is 6.14. The van der Waals surface area contributed by atoms with Crippen molar-refractivity contribution in [3.8, 4) is 0 Å². The van der Waals surface area contributed by atoms with E-state index in [1.807, 2.05) is 32.6 Å². The molecule has 0 aliphatic carbocycles. The summed E-state index contributed by atoms with van der Waals surface area (Å²) in [6, 6.07) is -0.659. The van der Waals surface area contributed by atoms with Crippen molar-refractivity contribution in [3.05, 3.63) is 12.7 Å². The van der Waals surface area contributed by atoms with Gasteiger partial charge in [0, 0.05) is 6.54 Å². The lowest BCUT2D eigenvalue weighted by molar-refractivity contribution is -0.161. The number of amides is 1. The minimum Gasteiger partial charge on any atom is -0.459 e. The molecule has 0 aromatic rings. The van der Waals surface area contributed by atoms with Crippen LogP contribution in [0.15, 0.2) is 12.7 Å². The first-order chi connectivity index (χ1) is 9.26. The molecule has 1 N–H and O–H groups in total. The average Bonchev–Trinajstić information content (AvgIpc) is 2.82. The highest BCUT2D eigenvalue weighted by Crippen LogP contribution is 2.23. The van der Waals surface area contributed by atoms with Crippen LogP contribution in [0.25, 0.3) is 0 Å². The van der Waals surface area contributed by atoms with Gasteiger partial charge < -0.3 is 10.1 Å². The Morgan fingerprint density at radius 1 is 1.50 bits per heavy atom. The van der Waals surface area contributed by atoms with Crippen molar-refractivity contribution in [2.75, 3.05) is 13.1 Å². The van der Waals surface area contributed by atoms with E-state index in [0.29, 0.717) is 6.54 Å². The van der Waals surface area contributed by atoms with Gasteiger partial charge >= 0.3 is 5.97 Å². The highest BCUT2D eigenvalue weighted by Gasteiger charge is 2.38. The predicted molar refractivity (Wildman–Crippen MR) is 78.2 cm³/mol. The lowest BCUT2D eigenvalue weighted by Gasteiger charge is -2.30. The third-order valence-electron chi connectivity index (χ3n) is 3.27. The molecule has 1 rings (SSSR count). The summed E-state index contributed by atoms with van der Waals surface area (Å²) in [5, 5.41) is 2.77. The zero-order chi connectivity index (χ0) is 15.3. The van der Waals surface area contributed by atoms with Crippen LogP contribution in [0.5, 0.6) is 0 Å². The van der Waals surface area contributed by atoms with Crippen molar-refractivity contribution in [2.24, 2.45) is 0 Å². The third-order valence-corrected chi connectivity index (χ3v) is 3.27. The smallest absolute Gasteiger partial charge is 0.323 e. The molecular formula is C15H26N2O3. The maximum Gasteiger partial charge on any atom is 0.323 e. The van der Waals surface area contributed by atoms with Crippen molar-refractivity contribution >= 4 is 11.9 Å². The maximum absolute atomic E-state index is 12.2. The second-order valence-corrected chi connectivity index (χ2v) is 6.14. The summed E-state index contributed by atoms with van der Waals surface area (Å²) in [6.45, 7) is 12.1. The topological polar surface area (TPSA) is 58.6 Å². The summed E-state index contributed by atoms with van der Waals surface area (Å²) >= 11 is 0. The fraction of sp³-hybridized carbons (Fsp3) is 0.733. The molecule has 1 aliphatic heterocycles. The van der Waals surface area contributed by atoms with E-state index in [1.54, 1.807) is 6.08 Å². The Morgan fingerprint density at radius 3 is 2.70 bits per heavy atom. The van der Waals surface area contributed by atoms with E-state index in [1.165, 1.54) is 0 Å². The molecule has 0 saturated carbocycles. The van der Waals surface area contributed by atoms with Gasteiger partial charge in [0.1, 0.15) is 11.6 Å². The van der Waals surface area contributed by atoms with Crippen LogP contribution >= 0.6 is 0 Å². The number of hydrogen-bond acceptors (Lipinski definition) is 4. The van der Waals surface area contributed by atoms with Crippen LogP contribution < -0.4 is 5.32 Å². The number of rotatable bonds is 5. The molecule has 1 saturated heterocycles. The summed E-state index contributed by atoms with van der Waals surface area (Å²) in [6.07, 6.45) is 3.29. The molecule has 1 aliphatic rings. The molecule has 20 heavy (non-hydrogen) atoms. The highest BCUT2D eigenvalue weighted by molar-refractivity contribution is 5.83. The van der Waals surface area contributed by atoms with Gasteiger partial charge in [-0.1, -0.05) is 6.08 Å². The van der Waals surface area contributed by atoms with Crippen molar-refractivity contribution in [1.29, 1.82) is 0 Å². The van der Waals surface area contributed by atoms with Crippen molar-refractivity contribution in [1.82, 2.24) is 10.2 Å². The zero-order valence-corrected chi connectivity index (χ0v) is 12.9. The number of ether oxygens (including phenoxy) is 1. The molecule has 5 nitrogen and oxygen atoms in total. The molecule has 0 aromatic carbocycles. The summed E-state index contributed by atoms with van der Waals surface area (Å²) in [7, 11) is 0. The Balaban J connectivity index is 2.66. The van der Waals surface area contributed by atoms with E-state index in [-0.39, 0.29) is 24.0 Å². The largest absolute Gasteiger partial charge is 0.459 e. The van der Waals surface area contributed by atoms with Gasteiger partial charge in [0.25, 0.3) is 0 Å². The lowest BCUT2D eigenvalue weighted by Crippen LogP contribution is -2.50. The Labute approximate surface area is 121 Å². The van der Waals surface area contributed by atoms with Crippen molar-refractivity contribution < 1.29 is 14.3 Å². The van der Waals surface area contributed by atoms with Gasteiger partial charge in [0.15, 0.2) is 0 Å². The minimum atomic E-state index is -0.500. The van der Waals surface area contributed by atoms with Gasteiger partial charge in [0.2, 0.25) is 5.91 Å². The quantitative estimate of drug-likeness (QED) is 0.613. The van der Waals surface area contributed by atoms with Crippen LogP contribution in [0.2, 0.25) is 0 Å². The summed E-state index contributed by atoms with van der Waals surface area (Å²) in [5.41, 5.74) is -0.500. The first-order valence-corrected chi connectivity index (χ1v) is 7.13. The van der Waals surface area contributed by atoms with Gasteiger partial charge in [-0.05, 0) is 47.1 Å². The molecule has 2 atom stereocenters. The third kappa shape index (κ3) is 4.63. The normalized spacial score (nSPS) is 21.3. The van der Waals surface area contributed by atoms with Crippen LogP contribution in [0.4, 0.5) is 0 Å². The van der Waals surface area contributed by atoms with E-state index in [9.17, 15) is 9.59 Å². The number of nitrogens with one attached hydrogen (secondary N) is 1. The summed E-state index contributed by atoms with van der Waals surface area (Å²) < 4.78 is 5.43. The van der Waals surface area contributed by atoms with Gasteiger partial charge in [-0.15, -0.1) is 6.58 Å². The Bertz CT molecular complexity index is 374. The fourth-order valence-corrected chi connectivity index (χ4v) is 2.35. The monoisotopic (exact) mass is 282 g/mol. The van der Waals surface area contributed by atoms with Gasteiger partial charge in [-0.3, -0.25) is 14.5 Å². The molecule has 1 heterocycles. The maximum atomic E-state index is 12.2. The molecule has 1 fully saturated rings. The molecule has 0 bridgehead atoms. The van der Waals surface area contributed by atoms with Crippen molar-refractivity contribution in [3.63, 3.8) is 0 Å². The van der Waals surface area contributed by atoms with E-state index in [0.717, 1.165) is 19.4 Å². The van der Waals surface area contributed by atoms with Crippen LogP contribution in [0.3, 0.4) is 0 Å². The molecule has 0 spiro atoms. The zero-order valence-electron chi connectivity index (χ0n) is 12.9. The molecular weight excluding hydrogens is 256 g/mol.